The second kappa shape index (κ2) is 4.69. The molecule has 0 radical (unpaired) electrons. The fourth-order valence-electron chi connectivity index (χ4n) is 0.840. The third-order valence-electron chi connectivity index (χ3n) is 1.38. The predicted molar refractivity (Wildman–Crippen MR) is 48.3 cm³/mol. The highest BCUT2D eigenvalue weighted by molar-refractivity contribution is 6.31. The average Bonchev–Trinajstić information content (AvgIpc) is 2.04. The van der Waals surface area contributed by atoms with E-state index in [9.17, 15) is 9.90 Å². The lowest BCUT2D eigenvalue weighted by Gasteiger charge is -2.08. The smallest absolute Gasteiger partial charge is 0.128 e. The minimum absolute atomic E-state index is 0. The van der Waals surface area contributed by atoms with Crippen LogP contribution < -0.4 is 16.0 Å². The number of hydrogen-bond donors (Lipinski definition) is 1. The highest BCUT2D eigenvalue weighted by atomic mass is 35.5. The Morgan fingerprint density at radius 2 is 2.15 bits per heavy atom. The van der Waals surface area contributed by atoms with Crippen molar-refractivity contribution in [2.24, 2.45) is 0 Å². The molecule has 0 saturated carbocycles. The van der Waals surface area contributed by atoms with Crippen LogP contribution in [0.15, 0.2) is 18.2 Å². The lowest BCUT2D eigenvalue weighted by molar-refractivity contribution is -0.255. The summed E-state index contributed by atoms with van der Waals surface area (Å²) in [5, 5.41) is 10.8. The Balaban J connectivity index is 0.00000144. The van der Waals surface area contributed by atoms with E-state index in [4.69, 9.17) is 16.3 Å². The van der Waals surface area contributed by atoms with Gasteiger partial charge in [0.15, 0.2) is 0 Å². The van der Waals surface area contributed by atoms with Gasteiger partial charge in [-0.15, -0.1) is 0 Å². The van der Waals surface area contributed by atoms with Crippen molar-refractivity contribution in [3.63, 3.8) is 0 Å². The van der Waals surface area contributed by atoms with Crippen LogP contribution in [0.1, 0.15) is 10.4 Å². The maximum Gasteiger partial charge on any atom is 0.128 e. The third-order valence-corrected chi connectivity index (χ3v) is 1.62. The first-order valence-corrected chi connectivity index (χ1v) is 3.58. The van der Waals surface area contributed by atoms with Gasteiger partial charge in [-0.2, -0.15) is 0 Å². The summed E-state index contributed by atoms with van der Waals surface area (Å²) in [6, 6.07) is 4.32. The normalized spacial score (nSPS) is 8.77. The third kappa shape index (κ3) is 2.61. The lowest BCUT2D eigenvalue weighted by atomic mass is 10.2. The van der Waals surface area contributed by atoms with Gasteiger partial charge in [-0.25, -0.2) is 0 Å². The van der Waals surface area contributed by atoms with Gasteiger partial charge in [0.25, 0.3) is 0 Å². The van der Waals surface area contributed by atoms with E-state index in [1.54, 1.807) is 6.07 Å². The molecule has 4 nitrogen and oxygen atoms in total. The Hall–Kier alpha value is -1.26. The Labute approximate surface area is 80.7 Å². The van der Waals surface area contributed by atoms with Crippen molar-refractivity contribution in [1.82, 2.24) is 6.15 Å². The van der Waals surface area contributed by atoms with E-state index < -0.39 is 5.97 Å². The monoisotopic (exact) mass is 203 g/mol. The van der Waals surface area contributed by atoms with Gasteiger partial charge in [0, 0.05) is 10.6 Å². The van der Waals surface area contributed by atoms with Crippen LogP contribution in [-0.2, 0) is 0 Å². The van der Waals surface area contributed by atoms with E-state index in [1.165, 1.54) is 19.2 Å². The number of carbonyl (C=O) groups is 1. The number of carboxylic acid groups (broad SMARTS) is 1. The summed E-state index contributed by atoms with van der Waals surface area (Å²) in [6.07, 6.45) is 0. The minimum atomic E-state index is -1.30. The number of ether oxygens (including phenoxy) is 1. The number of carbonyl (C=O) groups excluding carboxylic acids is 1. The summed E-state index contributed by atoms with van der Waals surface area (Å²) >= 11 is 5.57. The molecule has 5 heteroatoms. The lowest BCUT2D eigenvalue weighted by Crippen LogP contribution is -2.22. The molecule has 0 spiro atoms. The topological polar surface area (TPSA) is 85.9 Å². The zero-order chi connectivity index (χ0) is 9.14. The Bertz CT molecular complexity index is 314. The fourth-order valence-corrected chi connectivity index (χ4v) is 1.01. The summed E-state index contributed by atoms with van der Waals surface area (Å²) < 4.78 is 4.78. The molecule has 0 aromatic heterocycles. The number of benzene rings is 1. The maximum absolute atomic E-state index is 10.5. The van der Waals surface area contributed by atoms with Crippen molar-refractivity contribution >= 4 is 17.6 Å². The van der Waals surface area contributed by atoms with Crippen molar-refractivity contribution < 1.29 is 14.6 Å². The molecular weight excluding hydrogens is 194 g/mol. The summed E-state index contributed by atoms with van der Waals surface area (Å²) in [7, 11) is 1.38. The van der Waals surface area contributed by atoms with E-state index in [0.717, 1.165) is 0 Å². The Kier molecular flexibility index (Phi) is 4.23. The molecule has 0 unspecified atom stereocenters. The van der Waals surface area contributed by atoms with E-state index >= 15 is 0 Å². The molecule has 0 aliphatic heterocycles. The SMILES string of the molecule is COc1ccc(Cl)cc1C(=O)[O-].[NH4+]. The molecule has 0 amide bonds. The van der Waals surface area contributed by atoms with Gasteiger partial charge >= 0.3 is 0 Å². The van der Waals surface area contributed by atoms with Crippen LogP contribution in [0, 0.1) is 0 Å². The van der Waals surface area contributed by atoms with E-state index in [-0.39, 0.29) is 17.5 Å². The summed E-state index contributed by atoms with van der Waals surface area (Å²) in [4.78, 5) is 10.5. The van der Waals surface area contributed by atoms with Gasteiger partial charge in [-0.1, -0.05) is 11.6 Å². The standard InChI is InChI=1S/C8H7ClO3.H3N/c1-12-7-3-2-5(9)4-6(7)8(10)11;/h2-4H,1H3,(H,10,11);1H3. The second-order valence-corrected chi connectivity index (χ2v) is 2.57. The minimum Gasteiger partial charge on any atom is -0.545 e. The number of halogens is 1. The molecule has 1 rings (SSSR count). The summed E-state index contributed by atoms with van der Waals surface area (Å²) in [6.45, 7) is 0. The quantitative estimate of drug-likeness (QED) is 0.781. The number of methoxy groups -OCH3 is 1. The van der Waals surface area contributed by atoms with E-state index in [0.29, 0.717) is 5.02 Å². The van der Waals surface area contributed by atoms with Crippen LogP contribution in [0.5, 0.6) is 5.75 Å². The van der Waals surface area contributed by atoms with E-state index in [1.807, 2.05) is 0 Å². The first-order chi connectivity index (χ1) is 5.65. The molecule has 1 aromatic carbocycles. The van der Waals surface area contributed by atoms with Crippen LogP contribution in [0.2, 0.25) is 5.02 Å². The zero-order valence-corrected chi connectivity index (χ0v) is 8.09. The fraction of sp³-hybridized carbons (Fsp3) is 0.125. The number of rotatable bonds is 2. The zero-order valence-electron chi connectivity index (χ0n) is 7.33. The molecule has 0 heterocycles. The maximum atomic E-state index is 10.5. The molecule has 0 aliphatic rings. The molecule has 1 aromatic rings. The summed E-state index contributed by atoms with van der Waals surface area (Å²) in [5.41, 5.74) is -0.0370. The van der Waals surface area contributed by atoms with Gasteiger partial charge in [-0.3, -0.25) is 0 Å². The highest BCUT2D eigenvalue weighted by Crippen LogP contribution is 2.21. The number of carboxylic acids is 1. The van der Waals surface area contributed by atoms with Crippen LogP contribution in [0.25, 0.3) is 0 Å². The molecule has 72 valence electrons. The van der Waals surface area contributed by atoms with Crippen molar-refractivity contribution in [1.29, 1.82) is 0 Å². The van der Waals surface area contributed by atoms with Crippen LogP contribution in [-0.4, -0.2) is 13.1 Å². The largest absolute Gasteiger partial charge is 0.545 e. The predicted octanol–water partition coefficient (Wildman–Crippen LogP) is 1.09. The average molecular weight is 204 g/mol. The van der Waals surface area contributed by atoms with Gasteiger partial charge in [0.2, 0.25) is 0 Å². The van der Waals surface area contributed by atoms with Crippen molar-refractivity contribution in [2.45, 2.75) is 0 Å². The van der Waals surface area contributed by atoms with Crippen LogP contribution in [0.3, 0.4) is 0 Å². The van der Waals surface area contributed by atoms with Gasteiger partial charge in [0.05, 0.1) is 13.1 Å². The van der Waals surface area contributed by atoms with Gasteiger partial charge < -0.3 is 20.8 Å². The van der Waals surface area contributed by atoms with Gasteiger partial charge in [0.1, 0.15) is 5.75 Å². The molecule has 4 N–H and O–H groups in total. The van der Waals surface area contributed by atoms with Crippen molar-refractivity contribution in [2.75, 3.05) is 7.11 Å². The number of aromatic carboxylic acids is 1. The van der Waals surface area contributed by atoms with E-state index in [2.05, 4.69) is 0 Å². The Morgan fingerprint density at radius 1 is 1.54 bits per heavy atom. The molecular formula is C8H10ClNO3. The van der Waals surface area contributed by atoms with Gasteiger partial charge in [-0.05, 0) is 18.2 Å². The number of quaternary nitrogens is 1. The highest BCUT2D eigenvalue weighted by Gasteiger charge is 2.03. The molecule has 0 atom stereocenters. The van der Waals surface area contributed by atoms with Crippen LogP contribution >= 0.6 is 11.6 Å². The second-order valence-electron chi connectivity index (χ2n) is 2.13. The molecule has 0 saturated heterocycles. The Morgan fingerprint density at radius 3 is 2.62 bits per heavy atom. The molecule has 0 aliphatic carbocycles. The molecule has 0 bridgehead atoms. The summed E-state index contributed by atoms with van der Waals surface area (Å²) in [5.74, 6) is -1.05. The number of hydrogen-bond acceptors (Lipinski definition) is 3. The molecule has 13 heavy (non-hydrogen) atoms. The van der Waals surface area contributed by atoms with Crippen molar-refractivity contribution in [3.8, 4) is 5.75 Å². The first kappa shape index (κ1) is 11.7. The van der Waals surface area contributed by atoms with Crippen molar-refractivity contribution in [3.05, 3.63) is 28.8 Å². The van der Waals surface area contributed by atoms with Crippen LogP contribution in [0.4, 0.5) is 0 Å². The first-order valence-electron chi connectivity index (χ1n) is 3.20. The molecule has 0 fully saturated rings.